The molecule has 1 aliphatic heterocycles. The minimum Gasteiger partial charge on any atom is -0.324 e. The van der Waals surface area contributed by atoms with Crippen molar-refractivity contribution in [3.05, 3.63) is 59.2 Å². The van der Waals surface area contributed by atoms with Crippen molar-refractivity contribution < 1.29 is 14.4 Å². The molecule has 1 saturated carbocycles. The van der Waals surface area contributed by atoms with Crippen LogP contribution in [0.4, 0.5) is 16.2 Å². The van der Waals surface area contributed by atoms with Gasteiger partial charge in [-0.15, -0.1) is 0 Å². The molecule has 4 amide bonds. The highest BCUT2D eigenvalue weighted by Crippen LogP contribution is 2.43. The lowest BCUT2D eigenvalue weighted by Gasteiger charge is -2.38. The van der Waals surface area contributed by atoms with Crippen molar-refractivity contribution in [3.63, 3.8) is 0 Å². The molecule has 2 fully saturated rings. The number of carbonyl (C=O) groups is 3. The fraction of sp³-hybridized carbons (Fsp3) is 0.464. The number of benzene rings is 2. The molecule has 2 aliphatic rings. The molecule has 180 valence electrons. The maximum atomic E-state index is 13.7. The Kier molecular flexibility index (Phi) is 7.05. The van der Waals surface area contributed by atoms with Crippen molar-refractivity contribution in [3.8, 4) is 0 Å². The molecule has 1 heterocycles. The first-order chi connectivity index (χ1) is 16.4. The van der Waals surface area contributed by atoms with Crippen molar-refractivity contribution in [1.29, 1.82) is 0 Å². The number of para-hydroxylation sites is 1. The molecule has 4 rings (SSSR count). The van der Waals surface area contributed by atoms with Crippen LogP contribution < -0.4 is 10.2 Å². The lowest BCUT2D eigenvalue weighted by atomic mass is 9.80. The van der Waals surface area contributed by atoms with Crippen LogP contribution in [0.1, 0.15) is 69.6 Å². The van der Waals surface area contributed by atoms with Crippen LogP contribution in [0.15, 0.2) is 42.5 Å². The van der Waals surface area contributed by atoms with Crippen LogP contribution >= 0.6 is 0 Å². The summed E-state index contributed by atoms with van der Waals surface area (Å²) in [6.07, 6.45) is 6.58. The molecule has 6 heteroatoms. The quantitative estimate of drug-likeness (QED) is 0.555. The molecule has 0 unspecified atom stereocenters. The number of hydrogen-bond donors (Lipinski definition) is 1. The molecular weight excluding hydrogens is 426 g/mol. The summed E-state index contributed by atoms with van der Waals surface area (Å²) in [6.45, 7) is 5.91. The van der Waals surface area contributed by atoms with Crippen molar-refractivity contribution >= 4 is 29.2 Å². The van der Waals surface area contributed by atoms with Gasteiger partial charge >= 0.3 is 6.03 Å². The van der Waals surface area contributed by atoms with Gasteiger partial charge in [0.25, 0.3) is 5.91 Å². The van der Waals surface area contributed by atoms with E-state index in [4.69, 9.17) is 0 Å². The summed E-state index contributed by atoms with van der Waals surface area (Å²) in [5, 5.41) is 3.01. The lowest BCUT2D eigenvalue weighted by molar-refractivity contribution is -0.134. The monoisotopic (exact) mass is 461 g/mol. The molecule has 1 saturated heterocycles. The average molecular weight is 462 g/mol. The largest absolute Gasteiger partial charge is 0.332 e. The summed E-state index contributed by atoms with van der Waals surface area (Å²) >= 11 is 0. The zero-order valence-electron chi connectivity index (χ0n) is 20.5. The van der Waals surface area contributed by atoms with Gasteiger partial charge in [0.1, 0.15) is 12.1 Å². The van der Waals surface area contributed by atoms with Gasteiger partial charge < -0.3 is 5.32 Å². The molecule has 0 aromatic heterocycles. The van der Waals surface area contributed by atoms with Crippen molar-refractivity contribution in [2.24, 2.45) is 0 Å². The molecule has 1 N–H and O–H groups in total. The smallest absolute Gasteiger partial charge is 0.324 e. The van der Waals surface area contributed by atoms with E-state index in [9.17, 15) is 14.4 Å². The molecule has 1 aliphatic carbocycles. The summed E-state index contributed by atoms with van der Waals surface area (Å²) in [5.41, 5.74) is 3.92. The second-order valence-electron chi connectivity index (χ2n) is 9.33. The van der Waals surface area contributed by atoms with E-state index < -0.39 is 11.6 Å². The van der Waals surface area contributed by atoms with E-state index in [1.165, 1.54) is 5.56 Å². The summed E-state index contributed by atoms with van der Waals surface area (Å²) in [4.78, 5) is 43.3. The highest BCUT2D eigenvalue weighted by Gasteiger charge is 2.58. The molecule has 6 nitrogen and oxygen atoms in total. The highest BCUT2D eigenvalue weighted by atomic mass is 16.2. The highest BCUT2D eigenvalue weighted by molar-refractivity contribution is 6.18. The predicted molar refractivity (Wildman–Crippen MR) is 135 cm³/mol. The first-order valence-electron chi connectivity index (χ1n) is 12.6. The van der Waals surface area contributed by atoms with Crippen molar-refractivity contribution in [2.75, 3.05) is 16.8 Å². The number of carbonyl (C=O) groups excluding carboxylic acids is 3. The van der Waals surface area contributed by atoms with Crippen LogP contribution in [0.2, 0.25) is 0 Å². The van der Waals surface area contributed by atoms with Crippen LogP contribution in [-0.4, -0.2) is 34.8 Å². The maximum absolute atomic E-state index is 13.7. The number of amides is 4. The number of rotatable bonds is 7. The minimum absolute atomic E-state index is 0.244. The lowest BCUT2D eigenvalue weighted by Crippen LogP contribution is -2.51. The maximum Gasteiger partial charge on any atom is 0.332 e. The van der Waals surface area contributed by atoms with E-state index in [0.29, 0.717) is 12.8 Å². The Labute approximate surface area is 202 Å². The molecule has 34 heavy (non-hydrogen) atoms. The summed E-state index contributed by atoms with van der Waals surface area (Å²) in [6, 6.07) is 13.5. The van der Waals surface area contributed by atoms with Gasteiger partial charge in [-0.1, -0.05) is 70.4 Å². The molecule has 0 radical (unpaired) electrons. The molecular formula is C28H35N3O3. The van der Waals surface area contributed by atoms with E-state index in [1.807, 2.05) is 56.3 Å². The fourth-order valence-electron chi connectivity index (χ4n) is 5.42. The van der Waals surface area contributed by atoms with E-state index in [1.54, 1.807) is 4.90 Å². The number of nitrogens with zero attached hydrogens (tertiary/aromatic N) is 2. The van der Waals surface area contributed by atoms with E-state index in [2.05, 4.69) is 12.2 Å². The Hall–Kier alpha value is -3.15. The number of anilines is 2. The SMILES string of the molecule is CCc1ccc(N2C(=O)N(CC(=O)Nc3c(CC)cccc3CC)C(=O)C23CCCCC3)cc1. The molecule has 2 aromatic rings. The molecule has 0 atom stereocenters. The Morgan fingerprint density at radius 2 is 1.50 bits per heavy atom. The third-order valence-electron chi connectivity index (χ3n) is 7.34. The van der Waals surface area contributed by atoms with Gasteiger partial charge in [0.2, 0.25) is 5.91 Å². The Balaban J connectivity index is 1.62. The van der Waals surface area contributed by atoms with E-state index >= 15 is 0 Å². The molecule has 1 spiro atoms. The van der Waals surface area contributed by atoms with Crippen LogP contribution in [0, 0.1) is 0 Å². The summed E-state index contributed by atoms with van der Waals surface area (Å²) in [5.74, 6) is -0.585. The van der Waals surface area contributed by atoms with Crippen LogP contribution in [0.5, 0.6) is 0 Å². The normalized spacial score (nSPS) is 17.5. The topological polar surface area (TPSA) is 69.7 Å². The first-order valence-corrected chi connectivity index (χ1v) is 12.6. The predicted octanol–water partition coefficient (Wildman–Crippen LogP) is 5.48. The van der Waals surface area contributed by atoms with Gasteiger partial charge in [0, 0.05) is 11.4 Å². The van der Waals surface area contributed by atoms with E-state index in [0.717, 1.165) is 65.9 Å². The Morgan fingerprint density at radius 3 is 2.06 bits per heavy atom. The minimum atomic E-state index is -0.890. The summed E-state index contributed by atoms with van der Waals surface area (Å²) < 4.78 is 0. The Morgan fingerprint density at radius 1 is 0.882 bits per heavy atom. The molecule has 0 bridgehead atoms. The van der Waals surface area contributed by atoms with Crippen LogP contribution in [-0.2, 0) is 28.9 Å². The third-order valence-corrected chi connectivity index (χ3v) is 7.34. The number of urea groups is 1. The van der Waals surface area contributed by atoms with Crippen molar-refractivity contribution in [1.82, 2.24) is 4.90 Å². The second-order valence-corrected chi connectivity index (χ2v) is 9.33. The fourth-order valence-corrected chi connectivity index (χ4v) is 5.42. The van der Waals surface area contributed by atoms with Gasteiger partial charge in [-0.05, 0) is 60.9 Å². The van der Waals surface area contributed by atoms with E-state index in [-0.39, 0.29) is 18.4 Å². The van der Waals surface area contributed by atoms with Crippen molar-refractivity contribution in [2.45, 2.75) is 77.7 Å². The number of aryl methyl sites for hydroxylation is 3. The summed E-state index contributed by atoms with van der Waals surface area (Å²) in [7, 11) is 0. The van der Waals surface area contributed by atoms with Gasteiger partial charge in [-0.25, -0.2) is 4.79 Å². The average Bonchev–Trinajstić information content (AvgIpc) is 3.05. The number of imide groups is 1. The number of hydrogen-bond acceptors (Lipinski definition) is 3. The zero-order chi connectivity index (χ0) is 24.3. The number of nitrogens with one attached hydrogen (secondary N) is 1. The van der Waals surface area contributed by atoms with Gasteiger partial charge in [0.05, 0.1) is 0 Å². The third kappa shape index (κ3) is 4.22. The standard InChI is InChI=1S/C28H35N3O3/c1-4-20-13-15-23(16-14-20)31-27(34)30(26(33)28(31)17-8-7-9-18-28)19-24(32)29-25-21(5-2)11-10-12-22(25)6-3/h10-16H,4-9,17-19H2,1-3H3,(H,29,32). The van der Waals surface area contributed by atoms with Gasteiger partial charge in [-0.2, -0.15) is 0 Å². The first kappa shape index (κ1) is 24.0. The second kappa shape index (κ2) is 10.00. The Bertz CT molecular complexity index is 1050. The van der Waals surface area contributed by atoms with Gasteiger partial charge in [0.15, 0.2) is 0 Å². The van der Waals surface area contributed by atoms with Crippen LogP contribution in [0.25, 0.3) is 0 Å². The van der Waals surface area contributed by atoms with Crippen LogP contribution in [0.3, 0.4) is 0 Å². The van der Waals surface area contributed by atoms with Gasteiger partial charge in [-0.3, -0.25) is 19.4 Å². The zero-order valence-corrected chi connectivity index (χ0v) is 20.5. The molecule has 2 aromatic carbocycles.